The number of carbonyl (C=O) groups excluding carboxylic acids is 2. The van der Waals surface area contributed by atoms with Crippen LogP contribution in [0.3, 0.4) is 0 Å². The number of likely N-dealkylation sites (tertiary alicyclic amines) is 1. The summed E-state index contributed by atoms with van der Waals surface area (Å²) in [5, 5.41) is 16.4. The molecule has 2 fully saturated rings. The lowest BCUT2D eigenvalue weighted by Crippen LogP contribution is -2.51. The van der Waals surface area contributed by atoms with Crippen LogP contribution in [0, 0.1) is 11.8 Å². The van der Waals surface area contributed by atoms with E-state index in [9.17, 15) is 14.7 Å². The molecule has 1 saturated heterocycles. The zero-order chi connectivity index (χ0) is 19.2. The summed E-state index contributed by atoms with van der Waals surface area (Å²) in [7, 11) is 2.07. The highest BCUT2D eigenvalue weighted by Gasteiger charge is 2.35. The number of piperidine rings is 1. The maximum atomic E-state index is 12.5. The van der Waals surface area contributed by atoms with Crippen molar-refractivity contribution in [1.29, 1.82) is 0 Å². The van der Waals surface area contributed by atoms with Gasteiger partial charge in [0.05, 0.1) is 12.1 Å². The van der Waals surface area contributed by atoms with Gasteiger partial charge in [-0.2, -0.15) is 0 Å². The Bertz CT molecular complexity index is 613. The van der Waals surface area contributed by atoms with Gasteiger partial charge in [0.2, 0.25) is 11.8 Å². The first kappa shape index (κ1) is 19.8. The van der Waals surface area contributed by atoms with Gasteiger partial charge in [0.25, 0.3) is 0 Å². The van der Waals surface area contributed by atoms with Crippen LogP contribution in [0.5, 0.6) is 0 Å². The number of nitrogens with one attached hydrogen (secondary N) is 3. The molecule has 1 aromatic heterocycles. The fourth-order valence-corrected chi connectivity index (χ4v) is 4.01. The first-order valence-electron chi connectivity index (χ1n) is 9.96. The molecule has 1 aromatic rings. The number of imidazole rings is 1. The van der Waals surface area contributed by atoms with Crippen molar-refractivity contribution < 1.29 is 14.7 Å². The number of carbonyl (C=O) groups is 2. The first-order chi connectivity index (χ1) is 13.0. The van der Waals surface area contributed by atoms with E-state index < -0.39 is 6.10 Å². The van der Waals surface area contributed by atoms with Crippen LogP contribution in [-0.2, 0) is 16.0 Å². The van der Waals surface area contributed by atoms with Crippen LogP contribution in [0.2, 0.25) is 0 Å². The SMILES string of the molecule is CN1CCC(C(=O)N[C@H]2CC[C@H](C(=O)NCCc3ncc[nH]3)C[C@@H]2O)CC1. The minimum atomic E-state index is -0.671. The molecular weight excluding hydrogens is 346 g/mol. The number of aromatic nitrogens is 2. The highest BCUT2D eigenvalue weighted by atomic mass is 16.3. The van der Waals surface area contributed by atoms with Crippen LogP contribution in [0.4, 0.5) is 0 Å². The molecule has 2 heterocycles. The molecule has 2 amide bonds. The van der Waals surface area contributed by atoms with Crippen LogP contribution < -0.4 is 10.6 Å². The molecule has 0 unspecified atom stereocenters. The van der Waals surface area contributed by atoms with Gasteiger partial charge in [-0.1, -0.05) is 0 Å². The third-order valence-corrected chi connectivity index (χ3v) is 5.82. The molecule has 0 bridgehead atoms. The number of aliphatic hydroxyl groups is 1. The summed E-state index contributed by atoms with van der Waals surface area (Å²) in [6, 6.07) is -0.246. The van der Waals surface area contributed by atoms with Gasteiger partial charge in [-0.25, -0.2) is 4.98 Å². The van der Waals surface area contributed by atoms with Crippen molar-refractivity contribution >= 4 is 11.8 Å². The van der Waals surface area contributed by atoms with Gasteiger partial charge in [0, 0.05) is 37.2 Å². The molecule has 3 atom stereocenters. The smallest absolute Gasteiger partial charge is 0.223 e. The third-order valence-electron chi connectivity index (χ3n) is 5.82. The lowest BCUT2D eigenvalue weighted by molar-refractivity contribution is -0.130. The molecule has 4 N–H and O–H groups in total. The Labute approximate surface area is 160 Å². The summed E-state index contributed by atoms with van der Waals surface area (Å²) in [6.07, 6.45) is 6.88. The fourth-order valence-electron chi connectivity index (χ4n) is 4.01. The summed E-state index contributed by atoms with van der Waals surface area (Å²) < 4.78 is 0. The second kappa shape index (κ2) is 9.32. The van der Waals surface area contributed by atoms with Gasteiger partial charge in [-0.3, -0.25) is 9.59 Å². The molecule has 8 nitrogen and oxygen atoms in total. The van der Waals surface area contributed by atoms with E-state index in [0.29, 0.717) is 32.2 Å². The maximum absolute atomic E-state index is 12.5. The van der Waals surface area contributed by atoms with Crippen LogP contribution >= 0.6 is 0 Å². The number of nitrogens with zero attached hydrogens (tertiary/aromatic N) is 2. The minimum absolute atomic E-state index is 0.0271. The molecule has 1 aliphatic carbocycles. The van der Waals surface area contributed by atoms with E-state index in [2.05, 4.69) is 32.5 Å². The molecule has 2 aliphatic rings. The van der Waals surface area contributed by atoms with Crippen molar-refractivity contribution in [2.75, 3.05) is 26.7 Å². The topological polar surface area (TPSA) is 110 Å². The normalized spacial score (nSPS) is 27.3. The standard InChI is InChI=1S/C19H31N5O3/c1-24-10-5-13(6-11-24)19(27)23-15-3-2-14(12-16(15)25)18(26)22-7-4-17-20-8-9-21-17/h8-9,13-16,25H,2-7,10-12H2,1H3,(H,20,21)(H,22,26)(H,23,27)/t14-,15-,16-/m0/s1. The van der Waals surface area contributed by atoms with Crippen molar-refractivity contribution in [1.82, 2.24) is 25.5 Å². The third kappa shape index (κ3) is 5.52. The van der Waals surface area contributed by atoms with Crippen molar-refractivity contribution in [3.63, 3.8) is 0 Å². The average Bonchev–Trinajstić information content (AvgIpc) is 3.17. The highest BCUT2D eigenvalue weighted by molar-refractivity contribution is 5.80. The van der Waals surface area contributed by atoms with Crippen molar-refractivity contribution in [2.24, 2.45) is 11.8 Å². The number of hydrogen-bond acceptors (Lipinski definition) is 5. The van der Waals surface area contributed by atoms with E-state index in [1.54, 1.807) is 12.4 Å². The molecule has 0 aromatic carbocycles. The van der Waals surface area contributed by atoms with Crippen molar-refractivity contribution in [3.8, 4) is 0 Å². The Hall–Kier alpha value is -1.93. The monoisotopic (exact) mass is 377 g/mol. The minimum Gasteiger partial charge on any atom is -0.391 e. The van der Waals surface area contributed by atoms with Crippen molar-refractivity contribution in [3.05, 3.63) is 18.2 Å². The van der Waals surface area contributed by atoms with E-state index in [1.807, 2.05) is 0 Å². The number of amides is 2. The van der Waals surface area contributed by atoms with Crippen molar-refractivity contribution in [2.45, 2.75) is 50.7 Å². The van der Waals surface area contributed by atoms with Crippen LogP contribution in [0.1, 0.15) is 37.9 Å². The first-order valence-corrected chi connectivity index (χ1v) is 9.96. The van der Waals surface area contributed by atoms with Crippen LogP contribution in [0.25, 0.3) is 0 Å². The van der Waals surface area contributed by atoms with E-state index in [-0.39, 0.29) is 29.7 Å². The Morgan fingerprint density at radius 1 is 1.22 bits per heavy atom. The molecule has 150 valence electrons. The lowest BCUT2D eigenvalue weighted by Gasteiger charge is -2.35. The van der Waals surface area contributed by atoms with Gasteiger partial charge in [-0.05, 0) is 52.2 Å². The van der Waals surface area contributed by atoms with Gasteiger partial charge < -0.3 is 25.6 Å². The van der Waals surface area contributed by atoms with Gasteiger partial charge in [0.15, 0.2) is 0 Å². The molecule has 0 spiro atoms. The predicted molar refractivity (Wildman–Crippen MR) is 101 cm³/mol. The second-order valence-corrected chi connectivity index (χ2v) is 7.85. The summed E-state index contributed by atoms with van der Waals surface area (Å²) in [4.78, 5) is 34.2. The van der Waals surface area contributed by atoms with Gasteiger partial charge >= 0.3 is 0 Å². The molecule has 3 rings (SSSR count). The Morgan fingerprint density at radius 3 is 2.67 bits per heavy atom. The summed E-state index contributed by atoms with van der Waals surface area (Å²) in [5.74, 6) is 0.703. The van der Waals surface area contributed by atoms with E-state index in [1.165, 1.54) is 0 Å². The Balaban J connectivity index is 1.39. The van der Waals surface area contributed by atoms with E-state index in [0.717, 1.165) is 31.8 Å². The van der Waals surface area contributed by atoms with E-state index >= 15 is 0 Å². The summed E-state index contributed by atoms with van der Waals surface area (Å²) in [5.41, 5.74) is 0. The predicted octanol–water partition coefficient (Wildman–Crippen LogP) is 0.0560. The average molecular weight is 377 g/mol. The Morgan fingerprint density at radius 2 is 2.00 bits per heavy atom. The molecule has 1 aliphatic heterocycles. The summed E-state index contributed by atoms with van der Waals surface area (Å²) >= 11 is 0. The lowest BCUT2D eigenvalue weighted by atomic mass is 9.83. The van der Waals surface area contributed by atoms with Gasteiger partial charge in [-0.15, -0.1) is 0 Å². The largest absolute Gasteiger partial charge is 0.391 e. The Kier molecular flexibility index (Phi) is 6.84. The molecule has 8 heteroatoms. The number of rotatable bonds is 6. The van der Waals surface area contributed by atoms with E-state index in [4.69, 9.17) is 0 Å². The summed E-state index contributed by atoms with van der Waals surface area (Å²) in [6.45, 7) is 2.40. The van der Waals surface area contributed by atoms with Crippen LogP contribution in [0.15, 0.2) is 12.4 Å². The molecule has 1 saturated carbocycles. The highest BCUT2D eigenvalue weighted by Crippen LogP contribution is 2.26. The second-order valence-electron chi connectivity index (χ2n) is 7.85. The fraction of sp³-hybridized carbons (Fsp3) is 0.737. The number of aromatic amines is 1. The number of hydrogen-bond donors (Lipinski definition) is 4. The molecule has 0 radical (unpaired) electrons. The number of aliphatic hydroxyl groups excluding tert-OH is 1. The van der Waals surface area contributed by atoms with Crippen LogP contribution in [-0.4, -0.2) is 70.6 Å². The quantitative estimate of drug-likeness (QED) is 0.560. The zero-order valence-electron chi connectivity index (χ0n) is 16.0. The maximum Gasteiger partial charge on any atom is 0.223 e. The van der Waals surface area contributed by atoms with Gasteiger partial charge in [0.1, 0.15) is 5.82 Å². The molecule has 27 heavy (non-hydrogen) atoms. The zero-order valence-corrected chi connectivity index (χ0v) is 16.0. The number of H-pyrrole nitrogens is 1. The molecular formula is C19H31N5O3.